The highest BCUT2D eigenvalue weighted by molar-refractivity contribution is 5.49. The topological polar surface area (TPSA) is 66.4 Å². The molecule has 33 heavy (non-hydrogen) atoms. The van der Waals surface area contributed by atoms with Crippen LogP contribution in [0, 0.1) is 0 Å². The number of rotatable bonds is 9. The van der Waals surface area contributed by atoms with E-state index in [1.165, 1.54) is 0 Å². The summed E-state index contributed by atoms with van der Waals surface area (Å²) in [6.07, 6.45) is 0.0678. The van der Waals surface area contributed by atoms with Gasteiger partial charge >= 0.3 is 0 Å². The molecule has 1 N–H and O–H groups in total. The van der Waals surface area contributed by atoms with Crippen LogP contribution in [0.4, 0.5) is 4.39 Å². The summed E-state index contributed by atoms with van der Waals surface area (Å²) < 4.78 is 43.2. The Bertz CT molecular complexity index is 896. The largest absolute Gasteiger partial charge is 0.496 e. The molecule has 7 heteroatoms. The summed E-state index contributed by atoms with van der Waals surface area (Å²) in [4.78, 5) is 0. The molecule has 0 saturated carbocycles. The van der Waals surface area contributed by atoms with Crippen molar-refractivity contribution in [3.8, 4) is 17.2 Å². The maximum absolute atomic E-state index is 14.4. The molecule has 6 nitrogen and oxygen atoms in total. The van der Waals surface area contributed by atoms with E-state index in [9.17, 15) is 9.50 Å². The Hall–Kier alpha value is -2.35. The molecule has 0 aliphatic carbocycles. The maximum Gasteiger partial charge on any atom is 0.128 e. The normalized spacial score (nSPS) is 25.1. The van der Waals surface area contributed by atoms with E-state index in [0.717, 1.165) is 35.5 Å². The van der Waals surface area contributed by atoms with Gasteiger partial charge in [0.1, 0.15) is 29.5 Å². The van der Waals surface area contributed by atoms with Crippen molar-refractivity contribution in [2.45, 2.75) is 57.1 Å². The van der Waals surface area contributed by atoms with E-state index < -0.39 is 18.4 Å². The highest BCUT2D eigenvalue weighted by Crippen LogP contribution is 2.41. The molecule has 2 saturated heterocycles. The van der Waals surface area contributed by atoms with Gasteiger partial charge in [-0.25, -0.2) is 4.39 Å². The minimum Gasteiger partial charge on any atom is -0.496 e. The van der Waals surface area contributed by atoms with Gasteiger partial charge in [-0.3, -0.25) is 0 Å². The number of aliphatic hydroxyl groups excluding tert-OH is 1. The number of alkyl halides is 1. The first-order valence-electron chi connectivity index (χ1n) is 11.7. The summed E-state index contributed by atoms with van der Waals surface area (Å²) in [6.45, 7) is 3.55. The number of methoxy groups -OCH3 is 1. The number of benzene rings is 2. The molecule has 180 valence electrons. The molecule has 0 amide bonds. The van der Waals surface area contributed by atoms with Gasteiger partial charge in [0.2, 0.25) is 0 Å². The SMILES string of the molecule is CCOc1cc(OC)c(Cc2ccc(OC3CCOC3)cc2)cc1[C@H]1CC(F)C[C@@H](CO)O1. The monoisotopic (exact) mass is 460 g/mol. The third-order valence-corrected chi connectivity index (χ3v) is 6.12. The Kier molecular flexibility index (Phi) is 8.06. The second-order valence-corrected chi connectivity index (χ2v) is 8.56. The Morgan fingerprint density at radius 1 is 1.12 bits per heavy atom. The number of halogens is 1. The van der Waals surface area contributed by atoms with Crippen LogP contribution < -0.4 is 14.2 Å². The zero-order valence-corrected chi connectivity index (χ0v) is 19.3. The summed E-state index contributed by atoms with van der Waals surface area (Å²) >= 11 is 0. The fraction of sp³-hybridized carbons (Fsp3) is 0.538. The van der Waals surface area contributed by atoms with Gasteiger partial charge in [0.15, 0.2) is 0 Å². The number of aliphatic hydroxyl groups is 1. The molecule has 2 aromatic carbocycles. The van der Waals surface area contributed by atoms with E-state index in [4.69, 9.17) is 23.7 Å². The van der Waals surface area contributed by atoms with Crippen LogP contribution in [-0.2, 0) is 15.9 Å². The van der Waals surface area contributed by atoms with E-state index in [1.807, 2.05) is 43.3 Å². The van der Waals surface area contributed by atoms with Gasteiger partial charge in [-0.1, -0.05) is 12.1 Å². The van der Waals surface area contributed by atoms with Crippen LogP contribution in [0.5, 0.6) is 17.2 Å². The molecule has 2 unspecified atom stereocenters. The van der Waals surface area contributed by atoms with E-state index in [2.05, 4.69) is 0 Å². The Morgan fingerprint density at radius 2 is 1.94 bits per heavy atom. The van der Waals surface area contributed by atoms with Crippen molar-refractivity contribution >= 4 is 0 Å². The first kappa shape index (κ1) is 23.8. The molecule has 2 heterocycles. The summed E-state index contributed by atoms with van der Waals surface area (Å²) in [7, 11) is 1.63. The predicted molar refractivity (Wildman–Crippen MR) is 122 cm³/mol. The minimum atomic E-state index is -1.03. The highest BCUT2D eigenvalue weighted by atomic mass is 19.1. The second kappa shape index (κ2) is 11.2. The molecule has 0 aromatic heterocycles. The zero-order valence-electron chi connectivity index (χ0n) is 19.3. The van der Waals surface area contributed by atoms with Crippen molar-refractivity contribution in [1.82, 2.24) is 0 Å². The average Bonchev–Trinajstić information content (AvgIpc) is 3.33. The van der Waals surface area contributed by atoms with Gasteiger partial charge in [-0.15, -0.1) is 0 Å². The average molecular weight is 461 g/mol. The molecule has 4 atom stereocenters. The van der Waals surface area contributed by atoms with Crippen LogP contribution in [0.15, 0.2) is 36.4 Å². The fourth-order valence-electron chi connectivity index (χ4n) is 4.46. The zero-order chi connectivity index (χ0) is 23.2. The first-order chi connectivity index (χ1) is 16.1. The lowest BCUT2D eigenvalue weighted by Gasteiger charge is -2.32. The van der Waals surface area contributed by atoms with Crippen molar-refractivity contribution in [2.24, 2.45) is 0 Å². The molecule has 2 aliphatic rings. The molecular formula is C26H33FO6. The standard InChI is InChI=1S/C26H33FO6/c1-3-31-25-14-24(29-2)18(11-23(25)26-13-19(27)12-22(15-28)33-26)10-17-4-6-20(7-5-17)32-21-8-9-30-16-21/h4-7,11,14,19,21-22,26,28H,3,8-10,12-13,15-16H2,1-2H3/t19?,21?,22-,26+/m0/s1. The van der Waals surface area contributed by atoms with Gasteiger partial charge in [0, 0.05) is 37.3 Å². The lowest BCUT2D eigenvalue weighted by molar-refractivity contribution is -0.0981. The van der Waals surface area contributed by atoms with Crippen molar-refractivity contribution in [3.05, 3.63) is 53.1 Å². The fourth-order valence-corrected chi connectivity index (χ4v) is 4.46. The van der Waals surface area contributed by atoms with Crippen molar-refractivity contribution in [1.29, 1.82) is 0 Å². The van der Waals surface area contributed by atoms with Gasteiger partial charge < -0.3 is 28.8 Å². The summed E-state index contributed by atoms with van der Waals surface area (Å²) in [6, 6.07) is 11.9. The first-order valence-corrected chi connectivity index (χ1v) is 11.7. The molecule has 0 spiro atoms. The van der Waals surface area contributed by atoms with Crippen molar-refractivity contribution in [3.63, 3.8) is 0 Å². The van der Waals surface area contributed by atoms with Crippen LogP contribution >= 0.6 is 0 Å². The highest BCUT2D eigenvalue weighted by Gasteiger charge is 2.32. The van der Waals surface area contributed by atoms with E-state index in [0.29, 0.717) is 31.1 Å². The smallest absolute Gasteiger partial charge is 0.128 e. The third kappa shape index (κ3) is 5.96. The van der Waals surface area contributed by atoms with Gasteiger partial charge in [0.05, 0.1) is 45.7 Å². The van der Waals surface area contributed by atoms with E-state index in [1.54, 1.807) is 7.11 Å². The molecule has 2 aromatic rings. The van der Waals surface area contributed by atoms with Crippen LogP contribution in [0.1, 0.15) is 49.0 Å². The quantitative estimate of drug-likeness (QED) is 0.598. The number of hydrogen-bond donors (Lipinski definition) is 1. The van der Waals surface area contributed by atoms with Crippen molar-refractivity contribution in [2.75, 3.05) is 33.5 Å². The van der Waals surface area contributed by atoms with Gasteiger partial charge in [-0.05, 0) is 36.2 Å². The maximum atomic E-state index is 14.4. The van der Waals surface area contributed by atoms with E-state index in [-0.39, 0.29) is 25.6 Å². The van der Waals surface area contributed by atoms with Crippen LogP contribution in [0.25, 0.3) is 0 Å². The van der Waals surface area contributed by atoms with Gasteiger partial charge in [0.25, 0.3) is 0 Å². The van der Waals surface area contributed by atoms with Crippen LogP contribution in [0.2, 0.25) is 0 Å². The molecule has 2 fully saturated rings. The lowest BCUT2D eigenvalue weighted by atomic mass is 9.93. The van der Waals surface area contributed by atoms with Crippen LogP contribution in [0.3, 0.4) is 0 Å². The Morgan fingerprint density at radius 3 is 2.61 bits per heavy atom. The molecule has 0 bridgehead atoms. The van der Waals surface area contributed by atoms with Gasteiger partial charge in [-0.2, -0.15) is 0 Å². The van der Waals surface area contributed by atoms with Crippen molar-refractivity contribution < 1.29 is 33.2 Å². The number of hydrogen-bond acceptors (Lipinski definition) is 6. The Labute approximate surface area is 194 Å². The molecular weight excluding hydrogens is 427 g/mol. The van der Waals surface area contributed by atoms with Crippen LogP contribution in [-0.4, -0.2) is 57.0 Å². The third-order valence-electron chi connectivity index (χ3n) is 6.12. The van der Waals surface area contributed by atoms with E-state index >= 15 is 0 Å². The molecule has 0 radical (unpaired) electrons. The Balaban J connectivity index is 1.57. The minimum absolute atomic E-state index is 0.113. The predicted octanol–water partition coefficient (Wildman–Crippen LogP) is 4.40. The summed E-state index contributed by atoms with van der Waals surface area (Å²) in [5, 5.41) is 9.53. The second-order valence-electron chi connectivity index (χ2n) is 8.56. The molecule has 2 aliphatic heterocycles. The number of ether oxygens (including phenoxy) is 5. The summed E-state index contributed by atoms with van der Waals surface area (Å²) in [5.74, 6) is 2.15. The molecule has 4 rings (SSSR count). The lowest BCUT2D eigenvalue weighted by Crippen LogP contribution is -2.32. The summed E-state index contributed by atoms with van der Waals surface area (Å²) in [5.41, 5.74) is 2.84.